The number of amides is 2. The minimum atomic E-state index is -1.39. The van der Waals surface area contributed by atoms with Crippen molar-refractivity contribution in [3.63, 3.8) is 0 Å². The molecule has 14 nitrogen and oxygen atoms in total. The van der Waals surface area contributed by atoms with Crippen LogP contribution in [-0.4, -0.2) is 137 Å². The molecule has 14 heteroatoms. The number of carbonyl (C=O) groups excluding carboxylic acids is 2. The van der Waals surface area contributed by atoms with Gasteiger partial charge in [0.1, 0.15) is 24.4 Å². The molecular weight excluding hydrogens is 470 g/mol. The molecule has 0 aromatic heterocycles. The quantitative estimate of drug-likeness (QED) is 0.0882. The van der Waals surface area contributed by atoms with Gasteiger partial charge in [-0.15, -0.1) is 0 Å². The van der Waals surface area contributed by atoms with Gasteiger partial charge in [-0.25, -0.2) is 0 Å². The molecule has 5 atom stereocenters. The van der Waals surface area contributed by atoms with E-state index in [9.17, 15) is 24.9 Å². The van der Waals surface area contributed by atoms with Crippen molar-refractivity contribution in [1.82, 2.24) is 10.6 Å². The van der Waals surface area contributed by atoms with Gasteiger partial charge in [0.05, 0.1) is 66.1 Å². The first-order valence-electron chi connectivity index (χ1n) is 11.7. The lowest BCUT2D eigenvalue weighted by molar-refractivity contribution is -0.269. The summed E-state index contributed by atoms with van der Waals surface area (Å²) in [5.74, 6) is -0.691. The van der Waals surface area contributed by atoms with E-state index < -0.39 is 43.2 Å². The van der Waals surface area contributed by atoms with E-state index in [1.165, 1.54) is 6.92 Å². The van der Waals surface area contributed by atoms with Gasteiger partial charge in [0.2, 0.25) is 11.8 Å². The van der Waals surface area contributed by atoms with E-state index in [4.69, 9.17) is 34.2 Å². The number of nitrogens with two attached hydrogens (primary N) is 1. The second-order valence-electron chi connectivity index (χ2n) is 7.64. The standard InChI is InChI=1S/C21H41N3O11/c1-15(26)24-18-20(29)19(28)16(14-25)35-21(18)34-7-4-23-17(27)2-5-30-8-10-32-12-13-33-11-9-31-6-3-22/h16,18-21,25,28-29H,2-14,22H2,1H3,(H,23,27)(H,24,26). The molecule has 1 fully saturated rings. The van der Waals surface area contributed by atoms with Crippen LogP contribution in [0.3, 0.4) is 0 Å². The van der Waals surface area contributed by atoms with Gasteiger partial charge in [-0.3, -0.25) is 9.59 Å². The molecule has 35 heavy (non-hydrogen) atoms. The van der Waals surface area contributed by atoms with Gasteiger partial charge in [0.25, 0.3) is 0 Å². The van der Waals surface area contributed by atoms with Gasteiger partial charge < -0.3 is 60.1 Å². The summed E-state index contributed by atoms with van der Waals surface area (Å²) in [6.07, 6.45) is -4.80. The molecule has 0 aromatic carbocycles. The Labute approximate surface area is 205 Å². The number of nitrogens with one attached hydrogen (secondary N) is 2. The van der Waals surface area contributed by atoms with Crippen LogP contribution in [0.1, 0.15) is 13.3 Å². The molecule has 0 spiro atoms. The van der Waals surface area contributed by atoms with Gasteiger partial charge in [-0.05, 0) is 0 Å². The van der Waals surface area contributed by atoms with Crippen LogP contribution >= 0.6 is 0 Å². The summed E-state index contributed by atoms with van der Waals surface area (Å²) in [6.45, 7) is 4.71. The molecule has 0 aliphatic carbocycles. The van der Waals surface area contributed by atoms with Crippen LogP contribution in [0.25, 0.3) is 0 Å². The number of aliphatic hydroxyl groups is 3. The molecule has 1 saturated heterocycles. The first-order chi connectivity index (χ1) is 16.9. The van der Waals surface area contributed by atoms with Gasteiger partial charge >= 0.3 is 0 Å². The first kappa shape index (κ1) is 31.6. The number of rotatable bonds is 20. The van der Waals surface area contributed by atoms with Crippen LogP contribution in [0, 0.1) is 0 Å². The van der Waals surface area contributed by atoms with E-state index in [0.717, 1.165) is 0 Å². The maximum absolute atomic E-state index is 11.9. The van der Waals surface area contributed by atoms with E-state index >= 15 is 0 Å². The molecule has 0 bridgehead atoms. The van der Waals surface area contributed by atoms with Crippen LogP contribution in [0.5, 0.6) is 0 Å². The van der Waals surface area contributed by atoms with Gasteiger partial charge in [-0.1, -0.05) is 0 Å². The first-order valence-corrected chi connectivity index (χ1v) is 11.7. The maximum atomic E-state index is 11.9. The van der Waals surface area contributed by atoms with Crippen LogP contribution < -0.4 is 16.4 Å². The third-order valence-electron chi connectivity index (χ3n) is 4.81. The van der Waals surface area contributed by atoms with E-state index in [1.54, 1.807) is 0 Å². The zero-order chi connectivity index (χ0) is 25.9. The topological polar surface area (TPSA) is 200 Å². The molecule has 2 amide bonds. The molecule has 7 N–H and O–H groups in total. The van der Waals surface area contributed by atoms with Crippen molar-refractivity contribution in [3.8, 4) is 0 Å². The number of hydrogen-bond donors (Lipinski definition) is 6. The smallest absolute Gasteiger partial charge is 0.222 e. The molecule has 5 unspecified atom stereocenters. The van der Waals surface area contributed by atoms with Crippen molar-refractivity contribution in [2.45, 2.75) is 44.0 Å². The molecule has 1 rings (SSSR count). The normalized spacial score (nSPS) is 24.3. The van der Waals surface area contributed by atoms with Crippen molar-refractivity contribution in [2.24, 2.45) is 5.73 Å². The predicted octanol–water partition coefficient (Wildman–Crippen LogP) is -3.52. The highest BCUT2D eigenvalue weighted by Gasteiger charge is 2.45. The van der Waals surface area contributed by atoms with Crippen molar-refractivity contribution >= 4 is 11.8 Å². The largest absolute Gasteiger partial charge is 0.394 e. The Morgan fingerprint density at radius 2 is 1.46 bits per heavy atom. The number of hydrogen-bond acceptors (Lipinski definition) is 12. The molecule has 0 radical (unpaired) electrons. The third-order valence-corrected chi connectivity index (χ3v) is 4.81. The molecule has 1 heterocycles. The SMILES string of the molecule is CC(=O)NC1C(OCCNC(=O)CCOCCOCCOCCOCCN)OC(CO)C(O)C1O. The predicted molar refractivity (Wildman–Crippen MR) is 121 cm³/mol. The summed E-state index contributed by atoms with van der Waals surface area (Å²) in [5, 5.41) is 34.6. The van der Waals surface area contributed by atoms with Crippen LogP contribution in [0.4, 0.5) is 0 Å². The van der Waals surface area contributed by atoms with Crippen LogP contribution in [0.2, 0.25) is 0 Å². The Balaban J connectivity index is 2.07. The van der Waals surface area contributed by atoms with E-state index in [-0.39, 0.29) is 32.1 Å². The summed E-state index contributed by atoms with van der Waals surface area (Å²) in [5.41, 5.74) is 5.30. The second-order valence-corrected chi connectivity index (χ2v) is 7.64. The number of aliphatic hydroxyl groups excluding tert-OH is 3. The minimum absolute atomic E-state index is 0.0172. The molecule has 0 aromatic rings. The summed E-state index contributed by atoms with van der Waals surface area (Å²) in [6, 6.07) is -1.03. The Morgan fingerprint density at radius 1 is 0.886 bits per heavy atom. The molecule has 0 saturated carbocycles. The molecule has 1 aliphatic heterocycles. The highest BCUT2D eigenvalue weighted by atomic mass is 16.7. The highest BCUT2D eigenvalue weighted by molar-refractivity contribution is 5.75. The number of carbonyl (C=O) groups is 2. The highest BCUT2D eigenvalue weighted by Crippen LogP contribution is 2.22. The molecular formula is C21H41N3O11. The van der Waals surface area contributed by atoms with E-state index in [0.29, 0.717) is 52.8 Å². The molecule has 1 aliphatic rings. The van der Waals surface area contributed by atoms with Crippen LogP contribution in [-0.2, 0) is 38.0 Å². The summed E-state index contributed by atoms with van der Waals surface area (Å²) >= 11 is 0. The van der Waals surface area contributed by atoms with Gasteiger partial charge in [0.15, 0.2) is 6.29 Å². The zero-order valence-electron chi connectivity index (χ0n) is 20.3. The Morgan fingerprint density at radius 3 is 2.00 bits per heavy atom. The fourth-order valence-corrected chi connectivity index (χ4v) is 3.08. The Hall–Kier alpha value is -1.46. The van der Waals surface area contributed by atoms with Crippen molar-refractivity contribution < 1.29 is 53.3 Å². The summed E-state index contributed by atoms with van der Waals surface area (Å²) in [4.78, 5) is 23.3. The zero-order valence-corrected chi connectivity index (χ0v) is 20.3. The van der Waals surface area contributed by atoms with Gasteiger partial charge in [0, 0.05) is 26.4 Å². The Kier molecular flexibility index (Phi) is 17.8. The van der Waals surface area contributed by atoms with E-state index in [1.807, 2.05) is 0 Å². The number of ether oxygens (including phenoxy) is 6. The van der Waals surface area contributed by atoms with Crippen LogP contribution in [0.15, 0.2) is 0 Å². The summed E-state index contributed by atoms with van der Waals surface area (Å²) < 4.78 is 32.1. The second kappa shape index (κ2) is 19.7. The molecule has 206 valence electrons. The fourth-order valence-electron chi connectivity index (χ4n) is 3.08. The van der Waals surface area contributed by atoms with Gasteiger partial charge in [-0.2, -0.15) is 0 Å². The van der Waals surface area contributed by atoms with Crippen molar-refractivity contribution in [2.75, 3.05) is 79.2 Å². The fraction of sp³-hybridized carbons (Fsp3) is 0.905. The average molecular weight is 512 g/mol. The Bertz CT molecular complexity index is 573. The van der Waals surface area contributed by atoms with E-state index in [2.05, 4.69) is 10.6 Å². The monoisotopic (exact) mass is 511 g/mol. The lowest BCUT2D eigenvalue weighted by Crippen LogP contribution is -2.64. The lowest BCUT2D eigenvalue weighted by atomic mass is 9.97. The third kappa shape index (κ3) is 14.0. The summed E-state index contributed by atoms with van der Waals surface area (Å²) in [7, 11) is 0. The minimum Gasteiger partial charge on any atom is -0.394 e. The van der Waals surface area contributed by atoms with Crippen molar-refractivity contribution in [3.05, 3.63) is 0 Å². The lowest BCUT2D eigenvalue weighted by Gasteiger charge is -2.42. The van der Waals surface area contributed by atoms with Crippen molar-refractivity contribution in [1.29, 1.82) is 0 Å². The maximum Gasteiger partial charge on any atom is 0.222 e. The average Bonchev–Trinajstić information content (AvgIpc) is 2.83.